The molecule has 0 aliphatic rings. The first-order valence-corrected chi connectivity index (χ1v) is 10.5. The van der Waals surface area contributed by atoms with Crippen LogP contribution in [0, 0.1) is 6.92 Å². The first-order valence-electron chi connectivity index (χ1n) is 10.5. The summed E-state index contributed by atoms with van der Waals surface area (Å²) in [5.74, 6) is 0.826. The van der Waals surface area contributed by atoms with E-state index in [1.54, 1.807) is 0 Å². The molecule has 4 nitrogen and oxygen atoms in total. The van der Waals surface area contributed by atoms with Crippen molar-refractivity contribution in [3.05, 3.63) is 95.6 Å². The molecule has 0 fully saturated rings. The van der Waals surface area contributed by atoms with Crippen molar-refractivity contribution in [3.63, 3.8) is 0 Å². The van der Waals surface area contributed by atoms with Gasteiger partial charge in [-0.05, 0) is 48.2 Å². The van der Waals surface area contributed by atoms with Crippen LogP contribution in [-0.2, 0) is 13.2 Å². The maximum atomic E-state index is 12.9. The highest BCUT2D eigenvalue weighted by molar-refractivity contribution is 5.90. The number of hydrogen-bond acceptors (Lipinski definition) is 2. The average molecular weight is 403 g/mol. The van der Waals surface area contributed by atoms with Gasteiger partial charge in [-0.25, -0.2) is 4.79 Å². The van der Waals surface area contributed by atoms with E-state index in [0.717, 1.165) is 47.5 Å². The van der Waals surface area contributed by atoms with Crippen molar-refractivity contribution in [1.29, 1.82) is 0 Å². The SMILES string of the molecule is CCCCN(Cc1ccc(OCc2ccccc2)cc1)C(=O)Nc1ccccc1C. The third-order valence-corrected chi connectivity index (χ3v) is 5.00. The molecular formula is C26H30N2O2. The van der Waals surface area contributed by atoms with E-state index in [9.17, 15) is 4.79 Å². The zero-order chi connectivity index (χ0) is 21.2. The Balaban J connectivity index is 1.61. The molecule has 0 bridgehead atoms. The molecule has 0 saturated heterocycles. The van der Waals surface area contributed by atoms with Crippen LogP contribution in [0.3, 0.4) is 0 Å². The van der Waals surface area contributed by atoms with Crippen molar-refractivity contribution in [2.45, 2.75) is 39.8 Å². The number of hydrogen-bond donors (Lipinski definition) is 1. The number of nitrogens with one attached hydrogen (secondary N) is 1. The molecule has 2 amide bonds. The lowest BCUT2D eigenvalue weighted by molar-refractivity contribution is 0.208. The molecule has 0 aliphatic carbocycles. The maximum Gasteiger partial charge on any atom is 0.322 e. The second-order valence-electron chi connectivity index (χ2n) is 7.44. The van der Waals surface area contributed by atoms with E-state index in [0.29, 0.717) is 13.2 Å². The predicted octanol–water partition coefficient (Wildman–Crippen LogP) is 6.41. The highest BCUT2D eigenvalue weighted by atomic mass is 16.5. The van der Waals surface area contributed by atoms with Crippen LogP contribution >= 0.6 is 0 Å². The summed E-state index contributed by atoms with van der Waals surface area (Å²) in [6.07, 6.45) is 2.01. The van der Waals surface area contributed by atoms with Crippen LogP contribution in [0.15, 0.2) is 78.9 Å². The third kappa shape index (κ3) is 6.38. The summed E-state index contributed by atoms with van der Waals surface area (Å²) in [4.78, 5) is 14.8. The molecule has 0 radical (unpaired) electrons. The van der Waals surface area contributed by atoms with Crippen LogP contribution in [0.5, 0.6) is 5.75 Å². The largest absolute Gasteiger partial charge is 0.489 e. The van der Waals surface area contributed by atoms with Crippen molar-refractivity contribution in [2.24, 2.45) is 0 Å². The number of carbonyl (C=O) groups excluding carboxylic acids is 1. The summed E-state index contributed by atoms with van der Waals surface area (Å²) in [5.41, 5.74) is 4.13. The predicted molar refractivity (Wildman–Crippen MR) is 123 cm³/mol. The van der Waals surface area contributed by atoms with Gasteiger partial charge in [0.15, 0.2) is 0 Å². The average Bonchev–Trinajstić information content (AvgIpc) is 2.78. The fourth-order valence-electron chi connectivity index (χ4n) is 3.16. The number of benzene rings is 3. The summed E-state index contributed by atoms with van der Waals surface area (Å²) in [6.45, 7) is 5.97. The zero-order valence-corrected chi connectivity index (χ0v) is 17.8. The number of urea groups is 1. The van der Waals surface area contributed by atoms with Gasteiger partial charge in [0.2, 0.25) is 0 Å². The number of unbranched alkanes of at least 4 members (excludes halogenated alkanes) is 1. The standard InChI is InChI=1S/C26H30N2O2/c1-3-4-18-28(26(29)27-25-13-9-8-10-21(25)2)19-22-14-16-24(17-15-22)30-20-23-11-6-5-7-12-23/h5-17H,3-4,18-20H2,1-2H3,(H,27,29). The number of amides is 2. The van der Waals surface area contributed by atoms with Gasteiger partial charge < -0.3 is 15.0 Å². The molecule has 1 N–H and O–H groups in total. The smallest absolute Gasteiger partial charge is 0.322 e. The normalized spacial score (nSPS) is 10.5. The van der Waals surface area contributed by atoms with Gasteiger partial charge in [-0.3, -0.25) is 0 Å². The molecule has 3 rings (SSSR count). The molecule has 156 valence electrons. The number of para-hydroxylation sites is 1. The number of carbonyl (C=O) groups is 1. The highest BCUT2D eigenvalue weighted by Gasteiger charge is 2.14. The molecule has 3 aromatic carbocycles. The summed E-state index contributed by atoms with van der Waals surface area (Å²) in [7, 11) is 0. The molecule has 0 saturated carbocycles. The van der Waals surface area contributed by atoms with Crippen molar-refractivity contribution in [1.82, 2.24) is 4.90 Å². The Morgan fingerprint density at radius 3 is 2.30 bits per heavy atom. The van der Waals surface area contributed by atoms with Crippen molar-refractivity contribution in [3.8, 4) is 5.75 Å². The Hall–Kier alpha value is -3.27. The minimum atomic E-state index is -0.0674. The topological polar surface area (TPSA) is 41.6 Å². The lowest BCUT2D eigenvalue weighted by Gasteiger charge is -2.24. The van der Waals surface area contributed by atoms with Gasteiger partial charge in [0, 0.05) is 18.8 Å². The molecule has 30 heavy (non-hydrogen) atoms. The lowest BCUT2D eigenvalue weighted by atomic mass is 10.2. The van der Waals surface area contributed by atoms with E-state index >= 15 is 0 Å². The lowest BCUT2D eigenvalue weighted by Crippen LogP contribution is -2.35. The van der Waals surface area contributed by atoms with Crippen LogP contribution in [-0.4, -0.2) is 17.5 Å². The highest BCUT2D eigenvalue weighted by Crippen LogP contribution is 2.18. The fraction of sp³-hybridized carbons (Fsp3) is 0.269. The Morgan fingerprint density at radius 2 is 1.60 bits per heavy atom. The second-order valence-corrected chi connectivity index (χ2v) is 7.44. The minimum absolute atomic E-state index is 0.0674. The van der Waals surface area contributed by atoms with Gasteiger partial charge in [0.25, 0.3) is 0 Å². The van der Waals surface area contributed by atoms with E-state index < -0.39 is 0 Å². The Morgan fingerprint density at radius 1 is 0.900 bits per heavy atom. The first kappa shape index (κ1) is 21.4. The molecule has 0 unspecified atom stereocenters. The number of aryl methyl sites for hydroxylation is 1. The van der Waals surface area contributed by atoms with E-state index in [1.165, 1.54) is 0 Å². The van der Waals surface area contributed by atoms with E-state index in [4.69, 9.17) is 4.74 Å². The molecule has 0 heterocycles. The van der Waals surface area contributed by atoms with E-state index in [-0.39, 0.29) is 6.03 Å². The van der Waals surface area contributed by atoms with Crippen LogP contribution in [0.2, 0.25) is 0 Å². The Labute approximate surface area is 179 Å². The first-order chi connectivity index (χ1) is 14.7. The summed E-state index contributed by atoms with van der Waals surface area (Å²) in [6, 6.07) is 25.9. The third-order valence-electron chi connectivity index (χ3n) is 5.00. The van der Waals surface area contributed by atoms with Crippen LogP contribution in [0.25, 0.3) is 0 Å². The Kier molecular flexibility index (Phi) is 7.90. The maximum absolute atomic E-state index is 12.9. The number of anilines is 1. The number of ether oxygens (including phenoxy) is 1. The molecule has 0 aliphatic heterocycles. The van der Waals surface area contributed by atoms with Crippen LogP contribution in [0.1, 0.15) is 36.5 Å². The van der Waals surface area contributed by atoms with Crippen molar-refractivity contribution >= 4 is 11.7 Å². The molecule has 0 spiro atoms. The summed E-state index contributed by atoms with van der Waals surface area (Å²) < 4.78 is 5.86. The Bertz CT molecular complexity index is 923. The summed E-state index contributed by atoms with van der Waals surface area (Å²) >= 11 is 0. The van der Waals surface area contributed by atoms with Crippen LogP contribution < -0.4 is 10.1 Å². The zero-order valence-electron chi connectivity index (χ0n) is 17.8. The van der Waals surface area contributed by atoms with Gasteiger partial charge in [0.1, 0.15) is 12.4 Å². The van der Waals surface area contributed by atoms with Gasteiger partial charge in [-0.2, -0.15) is 0 Å². The minimum Gasteiger partial charge on any atom is -0.489 e. The quantitative estimate of drug-likeness (QED) is 0.449. The molecule has 4 heteroatoms. The van der Waals surface area contributed by atoms with Gasteiger partial charge in [0.05, 0.1) is 0 Å². The van der Waals surface area contributed by atoms with Gasteiger partial charge >= 0.3 is 6.03 Å². The second kappa shape index (κ2) is 11.1. The summed E-state index contributed by atoms with van der Waals surface area (Å²) in [5, 5.41) is 3.05. The number of nitrogens with zero attached hydrogens (tertiary/aromatic N) is 1. The van der Waals surface area contributed by atoms with Crippen LogP contribution in [0.4, 0.5) is 10.5 Å². The van der Waals surface area contributed by atoms with Crippen molar-refractivity contribution in [2.75, 3.05) is 11.9 Å². The van der Waals surface area contributed by atoms with E-state index in [2.05, 4.69) is 12.2 Å². The van der Waals surface area contributed by atoms with E-state index in [1.807, 2.05) is 90.7 Å². The molecule has 0 aromatic heterocycles. The molecular weight excluding hydrogens is 372 g/mol. The molecule has 3 aromatic rings. The van der Waals surface area contributed by atoms with Gasteiger partial charge in [-0.15, -0.1) is 0 Å². The number of rotatable bonds is 9. The van der Waals surface area contributed by atoms with Gasteiger partial charge in [-0.1, -0.05) is 74.0 Å². The fourth-order valence-corrected chi connectivity index (χ4v) is 3.16. The van der Waals surface area contributed by atoms with Crippen molar-refractivity contribution < 1.29 is 9.53 Å². The molecule has 0 atom stereocenters. The monoisotopic (exact) mass is 402 g/mol.